The maximum Gasteiger partial charge on any atom is 0.145 e. The standard InChI is InChI=1S/C14H19ClFNO/c1-18-9-11-7-12(14(16)13(15)8-11)6-10-2-4-17-5-3-10/h7-8,10,17H,2-6,9H2,1H3. The van der Waals surface area contributed by atoms with Crippen LogP contribution in [0.4, 0.5) is 4.39 Å². The molecule has 0 aromatic heterocycles. The fourth-order valence-electron chi connectivity index (χ4n) is 2.50. The van der Waals surface area contributed by atoms with Crippen LogP contribution in [0.25, 0.3) is 0 Å². The molecule has 1 heterocycles. The van der Waals surface area contributed by atoms with Crippen molar-refractivity contribution in [2.24, 2.45) is 5.92 Å². The van der Waals surface area contributed by atoms with E-state index in [2.05, 4.69) is 5.32 Å². The highest BCUT2D eigenvalue weighted by Crippen LogP contribution is 2.26. The predicted octanol–water partition coefficient (Wildman–Crippen LogP) is 3.17. The van der Waals surface area contributed by atoms with Crippen LogP contribution >= 0.6 is 11.6 Å². The molecule has 4 heteroatoms. The van der Waals surface area contributed by atoms with Crippen molar-refractivity contribution in [3.8, 4) is 0 Å². The Morgan fingerprint density at radius 1 is 1.39 bits per heavy atom. The lowest BCUT2D eigenvalue weighted by atomic mass is 9.90. The molecule has 0 saturated carbocycles. The first-order valence-electron chi connectivity index (χ1n) is 6.37. The molecular weight excluding hydrogens is 253 g/mol. The minimum Gasteiger partial charge on any atom is -0.380 e. The van der Waals surface area contributed by atoms with Gasteiger partial charge in [-0.1, -0.05) is 17.7 Å². The van der Waals surface area contributed by atoms with Crippen LogP contribution in [0, 0.1) is 11.7 Å². The Balaban J connectivity index is 2.14. The number of hydrogen-bond acceptors (Lipinski definition) is 2. The van der Waals surface area contributed by atoms with Crippen molar-refractivity contribution >= 4 is 11.6 Å². The summed E-state index contributed by atoms with van der Waals surface area (Å²) in [6.07, 6.45) is 2.97. The lowest BCUT2D eigenvalue weighted by molar-refractivity contribution is 0.184. The average molecular weight is 272 g/mol. The summed E-state index contributed by atoms with van der Waals surface area (Å²) in [5.74, 6) is 0.282. The van der Waals surface area contributed by atoms with Crippen molar-refractivity contribution in [1.82, 2.24) is 5.32 Å². The van der Waals surface area contributed by atoms with Gasteiger partial charge in [-0.25, -0.2) is 4.39 Å². The zero-order valence-electron chi connectivity index (χ0n) is 10.6. The molecule has 1 fully saturated rings. The number of piperidine rings is 1. The normalized spacial score (nSPS) is 17.1. The minimum absolute atomic E-state index is 0.202. The van der Waals surface area contributed by atoms with Crippen LogP contribution < -0.4 is 5.32 Å². The molecule has 1 aromatic rings. The van der Waals surface area contributed by atoms with Gasteiger partial charge in [0.05, 0.1) is 11.6 Å². The fraction of sp³-hybridized carbons (Fsp3) is 0.571. The number of benzene rings is 1. The Bertz CT molecular complexity index is 405. The van der Waals surface area contributed by atoms with Crippen LogP contribution in [-0.2, 0) is 17.8 Å². The minimum atomic E-state index is -0.268. The van der Waals surface area contributed by atoms with Gasteiger partial charge in [0.15, 0.2) is 0 Å². The number of hydrogen-bond donors (Lipinski definition) is 1. The second kappa shape index (κ2) is 6.50. The van der Waals surface area contributed by atoms with E-state index < -0.39 is 0 Å². The summed E-state index contributed by atoms with van der Waals surface area (Å²) in [7, 11) is 1.63. The molecule has 0 radical (unpaired) electrons. The lowest BCUT2D eigenvalue weighted by Gasteiger charge is -2.23. The van der Waals surface area contributed by atoms with Crippen molar-refractivity contribution in [2.75, 3.05) is 20.2 Å². The van der Waals surface area contributed by atoms with Crippen molar-refractivity contribution in [1.29, 1.82) is 0 Å². The van der Waals surface area contributed by atoms with Crippen LogP contribution in [0.5, 0.6) is 0 Å². The van der Waals surface area contributed by atoms with E-state index in [0.717, 1.165) is 43.5 Å². The summed E-state index contributed by atoms with van der Waals surface area (Å²) in [5.41, 5.74) is 1.66. The van der Waals surface area contributed by atoms with Crippen molar-refractivity contribution in [3.63, 3.8) is 0 Å². The zero-order chi connectivity index (χ0) is 13.0. The second-order valence-corrected chi connectivity index (χ2v) is 5.29. The van der Waals surface area contributed by atoms with Gasteiger partial charge in [0.2, 0.25) is 0 Å². The van der Waals surface area contributed by atoms with Crippen LogP contribution in [0.15, 0.2) is 12.1 Å². The van der Waals surface area contributed by atoms with E-state index in [0.29, 0.717) is 12.5 Å². The van der Waals surface area contributed by atoms with Gasteiger partial charge in [0, 0.05) is 7.11 Å². The van der Waals surface area contributed by atoms with Gasteiger partial charge in [0.25, 0.3) is 0 Å². The Hall–Kier alpha value is -0.640. The highest BCUT2D eigenvalue weighted by Gasteiger charge is 2.17. The van der Waals surface area contributed by atoms with Crippen molar-refractivity contribution in [3.05, 3.63) is 34.1 Å². The van der Waals surface area contributed by atoms with E-state index in [1.807, 2.05) is 6.07 Å². The summed E-state index contributed by atoms with van der Waals surface area (Å²) in [4.78, 5) is 0. The first-order valence-corrected chi connectivity index (χ1v) is 6.75. The van der Waals surface area contributed by atoms with E-state index >= 15 is 0 Å². The molecule has 0 bridgehead atoms. The molecule has 0 spiro atoms. The Morgan fingerprint density at radius 3 is 2.78 bits per heavy atom. The molecule has 100 valence electrons. The maximum absolute atomic E-state index is 14.0. The Labute approximate surface area is 112 Å². The largest absolute Gasteiger partial charge is 0.380 e. The number of methoxy groups -OCH3 is 1. The number of nitrogens with one attached hydrogen (secondary N) is 1. The SMILES string of the molecule is COCc1cc(Cl)c(F)c(CC2CCNCC2)c1. The topological polar surface area (TPSA) is 21.3 Å². The van der Waals surface area contributed by atoms with E-state index in [-0.39, 0.29) is 10.8 Å². The van der Waals surface area contributed by atoms with Gasteiger partial charge >= 0.3 is 0 Å². The molecule has 18 heavy (non-hydrogen) atoms. The fourth-order valence-corrected chi connectivity index (χ4v) is 2.77. The van der Waals surface area contributed by atoms with Crippen molar-refractivity contribution in [2.45, 2.75) is 25.9 Å². The summed E-state index contributed by atoms with van der Waals surface area (Å²) >= 11 is 5.93. The first kappa shape index (κ1) is 13.8. The summed E-state index contributed by atoms with van der Waals surface area (Å²) in [6.45, 7) is 2.52. The molecule has 1 aliphatic heterocycles. The highest BCUT2D eigenvalue weighted by molar-refractivity contribution is 6.30. The summed E-state index contributed by atoms with van der Waals surface area (Å²) in [6, 6.07) is 3.53. The van der Waals surface area contributed by atoms with Crippen LogP contribution in [0.2, 0.25) is 5.02 Å². The zero-order valence-corrected chi connectivity index (χ0v) is 11.4. The summed E-state index contributed by atoms with van der Waals surface area (Å²) < 4.78 is 19.1. The molecule has 0 amide bonds. The quantitative estimate of drug-likeness (QED) is 0.908. The van der Waals surface area contributed by atoms with E-state index in [9.17, 15) is 4.39 Å². The van der Waals surface area contributed by atoms with E-state index in [4.69, 9.17) is 16.3 Å². The average Bonchev–Trinajstić information content (AvgIpc) is 2.37. The number of rotatable bonds is 4. The molecule has 1 N–H and O–H groups in total. The van der Waals surface area contributed by atoms with Crippen molar-refractivity contribution < 1.29 is 9.13 Å². The molecule has 1 saturated heterocycles. The monoisotopic (exact) mass is 271 g/mol. The molecular formula is C14H19ClFNO. The van der Waals surface area contributed by atoms with Gasteiger partial charge < -0.3 is 10.1 Å². The van der Waals surface area contributed by atoms with Gasteiger partial charge in [-0.05, 0) is 55.5 Å². The van der Waals surface area contributed by atoms with Gasteiger partial charge in [0.1, 0.15) is 5.82 Å². The lowest BCUT2D eigenvalue weighted by Crippen LogP contribution is -2.28. The Morgan fingerprint density at radius 2 is 2.11 bits per heavy atom. The molecule has 1 aliphatic rings. The molecule has 0 atom stereocenters. The van der Waals surface area contributed by atoms with E-state index in [1.165, 1.54) is 0 Å². The van der Waals surface area contributed by atoms with Gasteiger partial charge in [-0.3, -0.25) is 0 Å². The van der Waals surface area contributed by atoms with Gasteiger partial charge in [-0.2, -0.15) is 0 Å². The summed E-state index contributed by atoms with van der Waals surface area (Å²) in [5, 5.41) is 3.52. The highest BCUT2D eigenvalue weighted by atomic mass is 35.5. The van der Waals surface area contributed by atoms with Gasteiger partial charge in [-0.15, -0.1) is 0 Å². The second-order valence-electron chi connectivity index (χ2n) is 4.88. The van der Waals surface area contributed by atoms with Crippen LogP contribution in [0.3, 0.4) is 0 Å². The molecule has 0 unspecified atom stereocenters. The van der Waals surface area contributed by atoms with Crippen LogP contribution in [0.1, 0.15) is 24.0 Å². The third-order valence-electron chi connectivity index (χ3n) is 3.44. The predicted molar refractivity (Wildman–Crippen MR) is 71.4 cm³/mol. The Kier molecular flexibility index (Phi) is 4.98. The van der Waals surface area contributed by atoms with Crippen LogP contribution in [-0.4, -0.2) is 20.2 Å². The van der Waals surface area contributed by atoms with E-state index in [1.54, 1.807) is 13.2 Å². The molecule has 0 aliphatic carbocycles. The number of halogens is 2. The number of ether oxygens (including phenoxy) is 1. The third-order valence-corrected chi connectivity index (χ3v) is 3.72. The third kappa shape index (κ3) is 3.44. The smallest absolute Gasteiger partial charge is 0.145 e. The maximum atomic E-state index is 14.0. The molecule has 1 aromatic carbocycles. The first-order chi connectivity index (χ1) is 8.70. The molecule has 2 rings (SSSR count). The molecule has 2 nitrogen and oxygen atoms in total.